The summed E-state index contributed by atoms with van der Waals surface area (Å²) >= 11 is 0. The zero-order valence-corrected chi connectivity index (χ0v) is 7.61. The lowest BCUT2D eigenvalue weighted by Gasteiger charge is -2.16. The van der Waals surface area contributed by atoms with Crippen LogP contribution in [0.4, 0.5) is 11.4 Å². The highest BCUT2D eigenvalue weighted by Gasteiger charge is 2.14. The molecular weight excluding hydrogens is 168 g/mol. The number of nitrogens with two attached hydrogens (primary N) is 1. The van der Waals surface area contributed by atoms with Crippen molar-refractivity contribution in [1.82, 2.24) is 0 Å². The zero-order chi connectivity index (χ0) is 10.0. The van der Waals surface area contributed by atoms with Crippen LogP contribution in [0.2, 0.25) is 0 Å². The van der Waals surface area contributed by atoms with E-state index in [2.05, 4.69) is 0 Å². The first-order valence-corrected chi connectivity index (χ1v) is 3.83. The third-order valence-electron chi connectivity index (χ3n) is 1.77. The molecule has 1 aromatic rings. The number of carboxylic acids is 1. The lowest BCUT2D eigenvalue weighted by atomic mass is 10.1. The summed E-state index contributed by atoms with van der Waals surface area (Å²) in [5.74, 6) is -0.998. The third kappa shape index (κ3) is 1.72. The van der Waals surface area contributed by atoms with Gasteiger partial charge in [0.1, 0.15) is 5.56 Å². The number of nitrogen functional groups attached to an aromatic ring is 1. The van der Waals surface area contributed by atoms with Crippen molar-refractivity contribution in [2.75, 3.05) is 24.7 Å². The summed E-state index contributed by atoms with van der Waals surface area (Å²) in [6, 6.07) is 5.04. The van der Waals surface area contributed by atoms with Crippen LogP contribution in [0.3, 0.4) is 0 Å². The Labute approximate surface area is 76.6 Å². The van der Waals surface area contributed by atoms with E-state index in [1.54, 1.807) is 37.2 Å². The second kappa shape index (κ2) is 3.35. The van der Waals surface area contributed by atoms with E-state index in [4.69, 9.17) is 10.8 Å². The van der Waals surface area contributed by atoms with E-state index in [1.165, 1.54) is 0 Å². The molecule has 0 atom stereocenters. The van der Waals surface area contributed by atoms with Crippen LogP contribution in [0.15, 0.2) is 18.2 Å². The minimum absolute atomic E-state index is 0.160. The van der Waals surface area contributed by atoms with E-state index in [-0.39, 0.29) is 5.56 Å². The summed E-state index contributed by atoms with van der Waals surface area (Å²) in [6.45, 7) is 0. The van der Waals surface area contributed by atoms with Gasteiger partial charge in [-0.05, 0) is 12.1 Å². The number of benzene rings is 1. The van der Waals surface area contributed by atoms with Crippen molar-refractivity contribution in [2.45, 2.75) is 0 Å². The quantitative estimate of drug-likeness (QED) is 0.667. The van der Waals surface area contributed by atoms with Crippen LogP contribution in [-0.4, -0.2) is 25.2 Å². The van der Waals surface area contributed by atoms with Crippen LogP contribution in [0.1, 0.15) is 10.4 Å². The lowest BCUT2D eigenvalue weighted by Crippen LogP contribution is -2.15. The van der Waals surface area contributed by atoms with Gasteiger partial charge in [0, 0.05) is 19.8 Å². The molecule has 13 heavy (non-hydrogen) atoms. The number of anilines is 2. The number of carboxylic acid groups (broad SMARTS) is 1. The van der Waals surface area contributed by atoms with Crippen molar-refractivity contribution >= 4 is 17.3 Å². The second-order valence-electron chi connectivity index (χ2n) is 2.94. The topological polar surface area (TPSA) is 66.6 Å². The number of carbonyl (C=O) groups is 1. The molecule has 0 spiro atoms. The maximum absolute atomic E-state index is 10.8. The highest BCUT2D eigenvalue weighted by atomic mass is 16.4. The predicted molar refractivity (Wildman–Crippen MR) is 52.1 cm³/mol. The molecule has 1 rings (SSSR count). The molecule has 0 heterocycles. The van der Waals surface area contributed by atoms with Crippen molar-refractivity contribution in [3.8, 4) is 0 Å². The first-order chi connectivity index (χ1) is 6.04. The van der Waals surface area contributed by atoms with Crippen LogP contribution in [0.25, 0.3) is 0 Å². The normalized spacial score (nSPS) is 9.69. The minimum Gasteiger partial charge on any atom is -0.478 e. The van der Waals surface area contributed by atoms with Gasteiger partial charge in [-0.15, -0.1) is 0 Å². The molecule has 0 unspecified atom stereocenters. The molecule has 4 nitrogen and oxygen atoms in total. The Hall–Kier alpha value is -1.71. The Balaban J connectivity index is 3.34. The van der Waals surface area contributed by atoms with E-state index in [1.807, 2.05) is 0 Å². The number of aromatic carboxylic acids is 1. The van der Waals surface area contributed by atoms with Gasteiger partial charge in [-0.2, -0.15) is 0 Å². The molecule has 0 aliphatic rings. The summed E-state index contributed by atoms with van der Waals surface area (Å²) < 4.78 is 0. The monoisotopic (exact) mass is 180 g/mol. The van der Waals surface area contributed by atoms with Crippen LogP contribution in [0, 0.1) is 0 Å². The van der Waals surface area contributed by atoms with Gasteiger partial charge < -0.3 is 15.7 Å². The van der Waals surface area contributed by atoms with Gasteiger partial charge in [0.15, 0.2) is 0 Å². The third-order valence-corrected chi connectivity index (χ3v) is 1.77. The molecule has 0 fully saturated rings. The van der Waals surface area contributed by atoms with Crippen LogP contribution in [0.5, 0.6) is 0 Å². The molecule has 70 valence electrons. The molecule has 0 radical (unpaired) electrons. The molecule has 0 aliphatic heterocycles. The zero-order valence-electron chi connectivity index (χ0n) is 7.61. The summed E-state index contributed by atoms with van der Waals surface area (Å²) in [6.07, 6.45) is 0. The highest BCUT2D eigenvalue weighted by Crippen LogP contribution is 2.23. The van der Waals surface area contributed by atoms with Crippen molar-refractivity contribution in [1.29, 1.82) is 0 Å². The summed E-state index contributed by atoms with van der Waals surface area (Å²) in [5, 5.41) is 8.89. The summed E-state index contributed by atoms with van der Waals surface area (Å²) in [7, 11) is 3.56. The fraction of sp³-hybridized carbons (Fsp3) is 0.222. The van der Waals surface area contributed by atoms with Crippen molar-refractivity contribution in [3.63, 3.8) is 0 Å². The molecule has 0 saturated carbocycles. The SMILES string of the molecule is CN(C)c1cccc(N)c1C(=O)O. The molecule has 0 aliphatic carbocycles. The molecule has 0 aromatic heterocycles. The fourth-order valence-corrected chi connectivity index (χ4v) is 1.16. The number of hydrogen-bond donors (Lipinski definition) is 2. The van der Waals surface area contributed by atoms with E-state index in [0.717, 1.165) is 0 Å². The summed E-state index contributed by atoms with van der Waals surface area (Å²) in [4.78, 5) is 12.6. The number of rotatable bonds is 2. The predicted octanol–water partition coefficient (Wildman–Crippen LogP) is 1.03. The van der Waals surface area contributed by atoms with E-state index < -0.39 is 5.97 Å². The standard InChI is InChI=1S/C9H12N2O2/c1-11(2)7-5-3-4-6(10)8(7)9(12)13/h3-5H,10H2,1-2H3,(H,12,13). The van der Waals surface area contributed by atoms with Gasteiger partial charge in [-0.1, -0.05) is 6.07 Å². The average Bonchev–Trinajstić information content (AvgIpc) is 2.02. The van der Waals surface area contributed by atoms with Gasteiger partial charge in [0.25, 0.3) is 0 Å². The van der Waals surface area contributed by atoms with Crippen molar-refractivity contribution < 1.29 is 9.90 Å². The van der Waals surface area contributed by atoms with Crippen LogP contribution in [-0.2, 0) is 0 Å². The van der Waals surface area contributed by atoms with E-state index >= 15 is 0 Å². The van der Waals surface area contributed by atoms with Gasteiger partial charge in [-0.3, -0.25) is 0 Å². The molecule has 1 aromatic carbocycles. The Bertz CT molecular complexity index is 334. The Morgan fingerprint density at radius 2 is 2.08 bits per heavy atom. The van der Waals surface area contributed by atoms with Crippen molar-refractivity contribution in [2.24, 2.45) is 0 Å². The first kappa shape index (κ1) is 9.38. The largest absolute Gasteiger partial charge is 0.478 e. The number of nitrogens with zero attached hydrogens (tertiary/aromatic N) is 1. The highest BCUT2D eigenvalue weighted by molar-refractivity contribution is 5.99. The molecule has 0 saturated heterocycles. The van der Waals surface area contributed by atoms with Gasteiger partial charge >= 0.3 is 5.97 Å². The molecule has 4 heteroatoms. The minimum atomic E-state index is -0.998. The lowest BCUT2D eigenvalue weighted by molar-refractivity contribution is 0.0699. The van der Waals surface area contributed by atoms with Crippen LogP contribution >= 0.6 is 0 Å². The maximum Gasteiger partial charge on any atom is 0.339 e. The van der Waals surface area contributed by atoms with Gasteiger partial charge in [0.05, 0.1) is 5.69 Å². The molecular formula is C9H12N2O2. The average molecular weight is 180 g/mol. The fourth-order valence-electron chi connectivity index (χ4n) is 1.16. The van der Waals surface area contributed by atoms with E-state index in [0.29, 0.717) is 11.4 Å². The number of hydrogen-bond acceptors (Lipinski definition) is 3. The smallest absolute Gasteiger partial charge is 0.339 e. The van der Waals surface area contributed by atoms with Gasteiger partial charge in [-0.25, -0.2) is 4.79 Å². The van der Waals surface area contributed by atoms with E-state index in [9.17, 15) is 4.79 Å². The Morgan fingerprint density at radius 1 is 1.46 bits per heavy atom. The Morgan fingerprint density at radius 3 is 2.46 bits per heavy atom. The molecule has 3 N–H and O–H groups in total. The van der Waals surface area contributed by atoms with Crippen LogP contribution < -0.4 is 10.6 Å². The Kier molecular flexibility index (Phi) is 2.41. The van der Waals surface area contributed by atoms with Gasteiger partial charge in [0.2, 0.25) is 0 Å². The molecule has 0 amide bonds. The molecule has 0 bridgehead atoms. The first-order valence-electron chi connectivity index (χ1n) is 3.83. The van der Waals surface area contributed by atoms with Crippen molar-refractivity contribution in [3.05, 3.63) is 23.8 Å². The maximum atomic E-state index is 10.8. The second-order valence-corrected chi connectivity index (χ2v) is 2.94. The summed E-state index contributed by atoms with van der Waals surface area (Å²) in [5.41, 5.74) is 6.62.